The Labute approximate surface area is 128 Å². The van der Waals surface area contributed by atoms with Crippen molar-refractivity contribution in [1.82, 2.24) is 14.5 Å². The molecule has 1 unspecified atom stereocenters. The summed E-state index contributed by atoms with van der Waals surface area (Å²) in [5.41, 5.74) is 1.93. The molecule has 1 aliphatic rings. The number of thiazole rings is 1. The fourth-order valence-corrected chi connectivity index (χ4v) is 3.84. The summed E-state index contributed by atoms with van der Waals surface area (Å²) in [5, 5.41) is 0.945. The fourth-order valence-electron chi connectivity index (χ4n) is 2.69. The van der Waals surface area contributed by atoms with Crippen molar-refractivity contribution in [2.45, 2.75) is 45.6 Å². The highest BCUT2D eigenvalue weighted by molar-refractivity contribution is 7.15. The van der Waals surface area contributed by atoms with E-state index in [0.29, 0.717) is 12.6 Å². The molecule has 6 heteroatoms. The first-order valence-corrected chi connectivity index (χ1v) is 8.11. The molecule has 2 aromatic heterocycles. The van der Waals surface area contributed by atoms with Crippen molar-refractivity contribution < 1.29 is 9.53 Å². The Morgan fingerprint density at radius 2 is 2.38 bits per heavy atom. The minimum atomic E-state index is -0.194. The Balaban J connectivity index is 1.93. The van der Waals surface area contributed by atoms with Gasteiger partial charge in [-0.1, -0.05) is 0 Å². The number of hydrogen-bond donors (Lipinski definition) is 0. The number of esters is 1. The molecule has 0 saturated carbocycles. The molecule has 2 aromatic rings. The standard InChI is InChI=1S/C15H19N3O2S/c1-4-20-15(19)10-5-6-12-13(10)17-14(21-12)11-7-16-8-18(11)9(2)3/h7-10H,4-6H2,1-3H3. The van der Waals surface area contributed by atoms with E-state index in [1.807, 2.05) is 19.4 Å². The van der Waals surface area contributed by atoms with E-state index in [0.717, 1.165) is 29.2 Å². The van der Waals surface area contributed by atoms with Gasteiger partial charge in [0, 0.05) is 10.9 Å². The lowest BCUT2D eigenvalue weighted by Gasteiger charge is -2.10. The van der Waals surface area contributed by atoms with Crippen LogP contribution in [0.1, 0.15) is 49.7 Å². The van der Waals surface area contributed by atoms with Gasteiger partial charge in [0.1, 0.15) is 10.9 Å². The molecular weight excluding hydrogens is 286 g/mol. The van der Waals surface area contributed by atoms with E-state index in [-0.39, 0.29) is 11.9 Å². The topological polar surface area (TPSA) is 57.0 Å². The number of hydrogen-bond acceptors (Lipinski definition) is 5. The third kappa shape index (κ3) is 2.48. The van der Waals surface area contributed by atoms with Crippen LogP contribution in [0.25, 0.3) is 10.7 Å². The van der Waals surface area contributed by atoms with Crippen molar-refractivity contribution in [3.05, 3.63) is 23.1 Å². The fraction of sp³-hybridized carbons (Fsp3) is 0.533. The molecule has 0 N–H and O–H groups in total. The number of aromatic nitrogens is 3. The Hall–Kier alpha value is -1.69. The van der Waals surface area contributed by atoms with Gasteiger partial charge in [-0.05, 0) is 33.6 Å². The average molecular weight is 305 g/mol. The van der Waals surface area contributed by atoms with E-state index in [4.69, 9.17) is 9.72 Å². The molecule has 0 radical (unpaired) electrons. The summed E-state index contributed by atoms with van der Waals surface area (Å²) in [6, 6.07) is 0.335. The molecule has 3 rings (SSSR count). The molecule has 0 spiro atoms. The van der Waals surface area contributed by atoms with Crippen LogP contribution < -0.4 is 0 Å². The summed E-state index contributed by atoms with van der Waals surface area (Å²) in [6.07, 6.45) is 5.39. The second-order valence-corrected chi connectivity index (χ2v) is 6.53. The van der Waals surface area contributed by atoms with E-state index in [9.17, 15) is 4.79 Å². The van der Waals surface area contributed by atoms with Gasteiger partial charge in [0.2, 0.25) is 0 Å². The second-order valence-electron chi connectivity index (χ2n) is 5.45. The van der Waals surface area contributed by atoms with Crippen LogP contribution in [-0.4, -0.2) is 27.1 Å². The first kappa shape index (κ1) is 14.3. The number of nitrogens with zero attached hydrogens (tertiary/aromatic N) is 3. The number of imidazole rings is 1. The highest BCUT2D eigenvalue weighted by atomic mass is 32.1. The van der Waals surface area contributed by atoms with E-state index < -0.39 is 0 Å². The lowest BCUT2D eigenvalue weighted by atomic mass is 10.1. The Morgan fingerprint density at radius 1 is 1.57 bits per heavy atom. The predicted octanol–water partition coefficient (Wildman–Crippen LogP) is 3.18. The summed E-state index contributed by atoms with van der Waals surface area (Å²) >= 11 is 1.67. The molecule has 5 nitrogen and oxygen atoms in total. The van der Waals surface area contributed by atoms with Gasteiger partial charge in [0.05, 0.1) is 30.5 Å². The van der Waals surface area contributed by atoms with Gasteiger partial charge in [-0.25, -0.2) is 9.97 Å². The monoisotopic (exact) mass is 305 g/mol. The quantitative estimate of drug-likeness (QED) is 0.814. The van der Waals surface area contributed by atoms with E-state index in [1.165, 1.54) is 4.88 Å². The second kappa shape index (κ2) is 5.60. The van der Waals surface area contributed by atoms with Gasteiger partial charge in [-0.3, -0.25) is 4.79 Å². The molecular formula is C15H19N3O2S. The van der Waals surface area contributed by atoms with Gasteiger partial charge in [0.25, 0.3) is 0 Å². The predicted molar refractivity (Wildman–Crippen MR) is 81.4 cm³/mol. The molecule has 2 heterocycles. The van der Waals surface area contributed by atoms with Gasteiger partial charge in [-0.15, -0.1) is 11.3 Å². The highest BCUT2D eigenvalue weighted by Gasteiger charge is 2.34. The van der Waals surface area contributed by atoms with Crippen LogP contribution in [0.5, 0.6) is 0 Å². The van der Waals surface area contributed by atoms with Crippen LogP contribution in [0.15, 0.2) is 12.5 Å². The van der Waals surface area contributed by atoms with Crippen molar-refractivity contribution in [3.8, 4) is 10.7 Å². The molecule has 0 fully saturated rings. The summed E-state index contributed by atoms with van der Waals surface area (Å²) in [5.74, 6) is -0.342. The Kier molecular flexibility index (Phi) is 3.80. The van der Waals surface area contributed by atoms with Crippen molar-refractivity contribution in [3.63, 3.8) is 0 Å². The first-order valence-electron chi connectivity index (χ1n) is 7.30. The van der Waals surface area contributed by atoms with Crippen molar-refractivity contribution in [2.75, 3.05) is 6.61 Å². The molecule has 0 aliphatic heterocycles. The average Bonchev–Trinajstić information content (AvgIpc) is 3.12. The maximum Gasteiger partial charge on any atom is 0.315 e. The van der Waals surface area contributed by atoms with Crippen LogP contribution in [0.4, 0.5) is 0 Å². The van der Waals surface area contributed by atoms with Gasteiger partial charge in [-0.2, -0.15) is 0 Å². The summed E-state index contributed by atoms with van der Waals surface area (Å²) in [6.45, 7) is 6.49. The van der Waals surface area contributed by atoms with Crippen LogP contribution in [-0.2, 0) is 16.0 Å². The van der Waals surface area contributed by atoms with Crippen molar-refractivity contribution >= 4 is 17.3 Å². The number of ether oxygens (including phenoxy) is 1. The maximum atomic E-state index is 12.0. The Bertz CT molecular complexity index is 660. The minimum absolute atomic E-state index is 0.148. The smallest absolute Gasteiger partial charge is 0.315 e. The number of fused-ring (bicyclic) bond motifs is 1. The molecule has 0 aromatic carbocycles. The van der Waals surface area contributed by atoms with Crippen LogP contribution in [0, 0.1) is 0 Å². The summed E-state index contributed by atoms with van der Waals surface area (Å²) in [7, 11) is 0. The lowest BCUT2D eigenvalue weighted by Crippen LogP contribution is -2.14. The van der Waals surface area contributed by atoms with E-state index >= 15 is 0 Å². The molecule has 21 heavy (non-hydrogen) atoms. The SMILES string of the molecule is CCOC(=O)C1CCc2sc(-c3cncn3C(C)C)nc21. The number of carbonyl (C=O) groups excluding carboxylic acids is 1. The Morgan fingerprint density at radius 3 is 3.10 bits per heavy atom. The van der Waals surface area contributed by atoms with Crippen molar-refractivity contribution in [1.29, 1.82) is 0 Å². The molecule has 1 aliphatic carbocycles. The van der Waals surface area contributed by atoms with Crippen LogP contribution >= 0.6 is 11.3 Å². The number of aryl methyl sites for hydroxylation is 1. The first-order chi connectivity index (χ1) is 10.1. The van der Waals surface area contributed by atoms with E-state index in [1.54, 1.807) is 11.3 Å². The van der Waals surface area contributed by atoms with E-state index in [2.05, 4.69) is 23.4 Å². The molecule has 0 saturated heterocycles. The summed E-state index contributed by atoms with van der Waals surface area (Å²) in [4.78, 5) is 22.2. The molecule has 112 valence electrons. The van der Waals surface area contributed by atoms with Crippen molar-refractivity contribution in [2.24, 2.45) is 0 Å². The maximum absolute atomic E-state index is 12.0. The lowest BCUT2D eigenvalue weighted by molar-refractivity contribution is -0.145. The van der Waals surface area contributed by atoms with Gasteiger partial charge in [0.15, 0.2) is 0 Å². The molecule has 0 amide bonds. The van der Waals surface area contributed by atoms with Crippen LogP contribution in [0.2, 0.25) is 0 Å². The van der Waals surface area contributed by atoms with Gasteiger partial charge >= 0.3 is 5.97 Å². The zero-order valence-electron chi connectivity index (χ0n) is 12.5. The summed E-state index contributed by atoms with van der Waals surface area (Å²) < 4.78 is 7.26. The minimum Gasteiger partial charge on any atom is -0.465 e. The number of carbonyl (C=O) groups is 1. The van der Waals surface area contributed by atoms with Gasteiger partial charge < -0.3 is 9.30 Å². The zero-order chi connectivity index (χ0) is 15.0. The zero-order valence-corrected chi connectivity index (χ0v) is 13.3. The third-order valence-electron chi connectivity index (χ3n) is 3.73. The largest absolute Gasteiger partial charge is 0.465 e. The third-order valence-corrected chi connectivity index (χ3v) is 4.88. The highest BCUT2D eigenvalue weighted by Crippen LogP contribution is 2.40. The molecule has 0 bridgehead atoms. The van der Waals surface area contributed by atoms with Crippen LogP contribution in [0.3, 0.4) is 0 Å². The molecule has 1 atom stereocenters. The normalized spacial score (nSPS) is 17.2. The number of rotatable bonds is 4.